The van der Waals surface area contributed by atoms with E-state index in [-0.39, 0.29) is 17.3 Å². The topological polar surface area (TPSA) is 134 Å². The van der Waals surface area contributed by atoms with Crippen LogP contribution < -0.4 is 10.1 Å². The van der Waals surface area contributed by atoms with Crippen LogP contribution in [0.1, 0.15) is 20.8 Å². The number of amides is 2. The number of fused-ring (bicyclic) bond motifs is 1. The van der Waals surface area contributed by atoms with Crippen LogP contribution in [0.25, 0.3) is 10.9 Å². The van der Waals surface area contributed by atoms with Gasteiger partial charge in [-0.25, -0.2) is 0 Å². The third kappa shape index (κ3) is 4.10. The summed E-state index contributed by atoms with van der Waals surface area (Å²) in [5.74, 6) is -0.338. The van der Waals surface area contributed by atoms with Crippen molar-refractivity contribution in [3.05, 3.63) is 57.8 Å². The number of aromatic amines is 1. The molecule has 1 aliphatic heterocycles. The maximum Gasteiger partial charge on any atom is 0.276 e. The van der Waals surface area contributed by atoms with Crippen LogP contribution in [0.4, 0.5) is 11.4 Å². The van der Waals surface area contributed by atoms with Crippen LogP contribution in [0.5, 0.6) is 5.75 Å². The predicted octanol–water partition coefficient (Wildman–Crippen LogP) is 2.12. The number of methoxy groups -OCH3 is 1. The Labute approximate surface area is 183 Å². The number of carbonyl (C=O) groups excluding carboxylic acids is 2. The van der Waals surface area contributed by atoms with Crippen molar-refractivity contribution in [1.29, 1.82) is 0 Å². The fourth-order valence-corrected chi connectivity index (χ4v) is 3.60. The quantitative estimate of drug-likeness (QED) is 0.460. The highest BCUT2D eigenvalue weighted by atomic mass is 16.6. The number of H-pyrrole nitrogens is 1. The van der Waals surface area contributed by atoms with E-state index in [0.29, 0.717) is 41.0 Å². The first kappa shape index (κ1) is 21.2. The van der Waals surface area contributed by atoms with Crippen molar-refractivity contribution in [3.63, 3.8) is 0 Å². The van der Waals surface area contributed by atoms with Crippen LogP contribution in [-0.2, 0) is 0 Å². The lowest BCUT2D eigenvalue weighted by molar-refractivity contribution is -0.384. The smallest absolute Gasteiger partial charge is 0.276 e. The Hall–Kier alpha value is -3.99. The summed E-state index contributed by atoms with van der Waals surface area (Å²) in [5, 5.41) is 20.8. The molecule has 32 heavy (non-hydrogen) atoms. The molecule has 1 saturated heterocycles. The Balaban J connectivity index is 1.61. The summed E-state index contributed by atoms with van der Waals surface area (Å²) in [6.45, 7) is 2.84. The van der Waals surface area contributed by atoms with Gasteiger partial charge in [0, 0.05) is 49.3 Å². The Morgan fingerprint density at radius 1 is 1.16 bits per heavy atom. The molecule has 0 spiro atoms. The number of benzene rings is 2. The second-order valence-corrected chi connectivity index (χ2v) is 7.52. The molecule has 0 unspecified atom stereocenters. The van der Waals surface area contributed by atoms with E-state index >= 15 is 0 Å². The second kappa shape index (κ2) is 8.63. The van der Waals surface area contributed by atoms with Gasteiger partial charge in [-0.3, -0.25) is 24.8 Å². The van der Waals surface area contributed by atoms with Gasteiger partial charge >= 0.3 is 0 Å². The van der Waals surface area contributed by atoms with E-state index in [1.807, 2.05) is 7.05 Å². The molecule has 2 amide bonds. The monoisotopic (exact) mass is 438 g/mol. The predicted molar refractivity (Wildman–Crippen MR) is 117 cm³/mol. The van der Waals surface area contributed by atoms with Gasteiger partial charge < -0.3 is 19.9 Å². The first-order valence-corrected chi connectivity index (χ1v) is 9.97. The zero-order chi connectivity index (χ0) is 22.8. The van der Waals surface area contributed by atoms with E-state index in [1.54, 1.807) is 23.1 Å². The molecule has 2 heterocycles. The number of carbonyl (C=O) groups is 2. The molecule has 0 bridgehead atoms. The van der Waals surface area contributed by atoms with E-state index in [0.717, 1.165) is 13.1 Å². The molecule has 0 aliphatic carbocycles. The van der Waals surface area contributed by atoms with Crippen LogP contribution in [-0.4, -0.2) is 77.1 Å². The van der Waals surface area contributed by atoms with Gasteiger partial charge in [0.25, 0.3) is 17.5 Å². The minimum atomic E-state index is -0.584. The molecule has 0 saturated carbocycles. The van der Waals surface area contributed by atoms with E-state index in [9.17, 15) is 19.7 Å². The van der Waals surface area contributed by atoms with Crippen LogP contribution in [0.2, 0.25) is 0 Å². The van der Waals surface area contributed by atoms with Crippen molar-refractivity contribution >= 4 is 34.1 Å². The summed E-state index contributed by atoms with van der Waals surface area (Å²) in [7, 11) is 3.47. The van der Waals surface area contributed by atoms with Crippen LogP contribution in [0, 0.1) is 10.1 Å². The summed E-state index contributed by atoms with van der Waals surface area (Å²) < 4.78 is 5.33. The molecule has 3 aromatic rings. The molecule has 2 N–H and O–H groups in total. The van der Waals surface area contributed by atoms with Crippen LogP contribution in [0.15, 0.2) is 36.4 Å². The van der Waals surface area contributed by atoms with Crippen molar-refractivity contribution in [2.45, 2.75) is 0 Å². The maximum atomic E-state index is 12.9. The van der Waals surface area contributed by atoms with E-state index in [1.165, 1.54) is 25.3 Å². The number of anilines is 1. The van der Waals surface area contributed by atoms with E-state index in [4.69, 9.17) is 4.74 Å². The molecule has 1 aliphatic rings. The third-order valence-corrected chi connectivity index (χ3v) is 5.46. The summed E-state index contributed by atoms with van der Waals surface area (Å²) in [6, 6.07) is 8.95. The van der Waals surface area contributed by atoms with Crippen molar-refractivity contribution in [3.8, 4) is 5.75 Å². The SMILES string of the molecule is COc1ccc(C(=O)N2CCN(C)CC2)cc1NC(=O)c1n[nH]c2ccc([N+](=O)[O-])cc12. The maximum absolute atomic E-state index is 12.9. The van der Waals surface area contributed by atoms with Gasteiger partial charge in [0.15, 0.2) is 5.69 Å². The zero-order valence-corrected chi connectivity index (χ0v) is 17.6. The number of rotatable bonds is 5. The molecule has 0 radical (unpaired) electrons. The number of nitro benzene ring substituents is 1. The number of nitrogens with one attached hydrogen (secondary N) is 2. The average molecular weight is 438 g/mol. The first-order valence-electron chi connectivity index (χ1n) is 9.97. The van der Waals surface area contributed by atoms with Gasteiger partial charge in [0.1, 0.15) is 5.75 Å². The molecular formula is C21H22N6O5. The molecule has 2 aromatic carbocycles. The summed E-state index contributed by atoms with van der Waals surface area (Å²) in [5.41, 5.74) is 1.07. The molecule has 11 nitrogen and oxygen atoms in total. The van der Waals surface area contributed by atoms with Crippen molar-refractivity contribution in [2.75, 3.05) is 45.7 Å². The van der Waals surface area contributed by atoms with Crippen LogP contribution >= 0.6 is 0 Å². The van der Waals surface area contributed by atoms with Crippen molar-refractivity contribution < 1.29 is 19.2 Å². The molecule has 1 aromatic heterocycles. The van der Waals surface area contributed by atoms with Gasteiger partial charge in [-0.1, -0.05) is 0 Å². The van der Waals surface area contributed by atoms with Gasteiger partial charge in [-0.15, -0.1) is 0 Å². The summed E-state index contributed by atoms with van der Waals surface area (Å²) in [4.78, 5) is 40.3. The second-order valence-electron chi connectivity index (χ2n) is 7.52. The number of piperazine rings is 1. The molecule has 11 heteroatoms. The van der Waals surface area contributed by atoms with E-state index in [2.05, 4.69) is 20.4 Å². The number of ether oxygens (including phenoxy) is 1. The highest BCUT2D eigenvalue weighted by Gasteiger charge is 2.23. The normalized spacial score (nSPS) is 14.4. The standard InChI is InChI=1S/C21H22N6O5/c1-25-7-9-26(10-8-25)21(29)13-3-6-18(32-2)17(11-13)22-20(28)19-15-12-14(27(30)31)4-5-16(15)23-24-19/h3-6,11-12H,7-10H2,1-2H3,(H,22,28)(H,23,24). The molecule has 4 rings (SSSR count). The van der Waals surface area contributed by atoms with Gasteiger partial charge in [-0.2, -0.15) is 5.10 Å². The fourth-order valence-electron chi connectivity index (χ4n) is 3.60. The minimum absolute atomic E-state index is 0.00144. The van der Waals surface area contributed by atoms with Crippen molar-refractivity contribution in [2.24, 2.45) is 0 Å². The van der Waals surface area contributed by atoms with Crippen LogP contribution in [0.3, 0.4) is 0 Å². The number of aromatic nitrogens is 2. The van der Waals surface area contributed by atoms with Gasteiger partial charge in [0.05, 0.1) is 23.2 Å². The fraction of sp³-hybridized carbons (Fsp3) is 0.286. The lowest BCUT2D eigenvalue weighted by Gasteiger charge is -2.32. The summed E-state index contributed by atoms with van der Waals surface area (Å²) >= 11 is 0. The number of hydrogen-bond donors (Lipinski definition) is 2. The average Bonchev–Trinajstić information content (AvgIpc) is 3.22. The first-order chi connectivity index (χ1) is 15.4. The molecule has 0 atom stereocenters. The Morgan fingerprint density at radius 2 is 1.91 bits per heavy atom. The summed E-state index contributed by atoms with van der Waals surface area (Å²) in [6.07, 6.45) is 0. The number of non-ortho nitro benzene ring substituents is 1. The zero-order valence-electron chi connectivity index (χ0n) is 17.6. The molecule has 166 valence electrons. The molecular weight excluding hydrogens is 416 g/mol. The van der Waals surface area contributed by atoms with E-state index < -0.39 is 10.8 Å². The number of hydrogen-bond acceptors (Lipinski definition) is 7. The molecule has 1 fully saturated rings. The highest BCUT2D eigenvalue weighted by molar-refractivity contribution is 6.12. The Kier molecular flexibility index (Phi) is 5.73. The number of nitrogens with zero attached hydrogens (tertiary/aromatic N) is 4. The van der Waals surface area contributed by atoms with Crippen molar-refractivity contribution in [1.82, 2.24) is 20.0 Å². The van der Waals surface area contributed by atoms with Gasteiger partial charge in [0.2, 0.25) is 0 Å². The highest BCUT2D eigenvalue weighted by Crippen LogP contribution is 2.28. The Bertz CT molecular complexity index is 1200. The minimum Gasteiger partial charge on any atom is -0.495 e. The number of nitro groups is 1. The lowest BCUT2D eigenvalue weighted by atomic mass is 10.1. The third-order valence-electron chi connectivity index (χ3n) is 5.46. The number of likely N-dealkylation sites (N-methyl/N-ethyl adjacent to an activating group) is 1. The Morgan fingerprint density at radius 3 is 2.59 bits per heavy atom. The lowest BCUT2D eigenvalue weighted by Crippen LogP contribution is -2.47. The van der Waals surface area contributed by atoms with Gasteiger partial charge in [-0.05, 0) is 31.3 Å². The largest absolute Gasteiger partial charge is 0.495 e.